The Bertz CT molecular complexity index is 1430. The van der Waals surface area contributed by atoms with Crippen molar-refractivity contribution in [3.63, 3.8) is 0 Å². The zero-order chi connectivity index (χ0) is 25.3. The molecular weight excluding hydrogens is 466 g/mol. The monoisotopic (exact) mass is 485 g/mol. The number of nitrogens with zero attached hydrogens (tertiary/aromatic N) is 3. The minimum Gasteiger partial charge on any atom is -0.496 e. The molecule has 0 fully saturated rings. The fraction of sp³-hybridized carbons (Fsp3) is 0.125. The van der Waals surface area contributed by atoms with Crippen molar-refractivity contribution in [1.29, 1.82) is 0 Å². The van der Waals surface area contributed by atoms with Crippen LogP contribution in [0.15, 0.2) is 61.3 Å². The van der Waals surface area contributed by atoms with Crippen molar-refractivity contribution in [1.82, 2.24) is 19.7 Å². The van der Waals surface area contributed by atoms with Gasteiger partial charge in [0.2, 0.25) is 5.95 Å². The van der Waals surface area contributed by atoms with E-state index in [1.165, 1.54) is 35.9 Å². The fourth-order valence-electron chi connectivity index (χ4n) is 3.52. The minimum absolute atomic E-state index is 0.0356. The normalized spacial score (nSPS) is 11.5. The predicted octanol–water partition coefficient (Wildman–Crippen LogP) is 4.63. The molecule has 180 valence electrons. The number of fused-ring (bicyclic) bond motifs is 1. The van der Waals surface area contributed by atoms with E-state index in [4.69, 9.17) is 10.5 Å². The number of imidazole rings is 1. The van der Waals surface area contributed by atoms with E-state index in [0.29, 0.717) is 11.1 Å². The molecule has 0 aliphatic heterocycles. The van der Waals surface area contributed by atoms with Crippen LogP contribution in [0.3, 0.4) is 0 Å². The fourth-order valence-corrected chi connectivity index (χ4v) is 3.52. The molecule has 0 saturated heterocycles. The van der Waals surface area contributed by atoms with Gasteiger partial charge in [0.1, 0.15) is 23.1 Å². The molecule has 1 amide bonds. The zero-order valence-electron chi connectivity index (χ0n) is 18.4. The summed E-state index contributed by atoms with van der Waals surface area (Å²) in [5.41, 5.74) is 5.82. The molecule has 2 heterocycles. The average Bonchev–Trinajstić information content (AvgIpc) is 3.22. The summed E-state index contributed by atoms with van der Waals surface area (Å²) >= 11 is 0. The van der Waals surface area contributed by atoms with E-state index in [1.807, 2.05) is 0 Å². The first kappa shape index (κ1) is 23.7. The number of nitrogens with one attached hydrogen (secondary N) is 1. The van der Waals surface area contributed by atoms with Gasteiger partial charge in [0.25, 0.3) is 5.91 Å². The quantitative estimate of drug-likeness (QED) is 0.389. The molecule has 4 aromatic rings. The number of nitrogens with two attached hydrogens (primary N) is 1. The number of methoxy groups -OCH3 is 1. The third-order valence-electron chi connectivity index (χ3n) is 5.28. The highest BCUT2D eigenvalue weighted by Gasteiger charge is 2.36. The molecular formula is C24H19F4N5O2. The molecule has 2 aromatic carbocycles. The Labute approximate surface area is 196 Å². The molecule has 0 bridgehead atoms. The number of ether oxygens (including phenoxy) is 1. The zero-order valence-corrected chi connectivity index (χ0v) is 18.4. The van der Waals surface area contributed by atoms with Gasteiger partial charge in [-0.3, -0.25) is 9.20 Å². The second-order valence-corrected chi connectivity index (χ2v) is 7.51. The number of amides is 1. The first-order valence-corrected chi connectivity index (χ1v) is 10.2. The predicted molar refractivity (Wildman–Crippen MR) is 122 cm³/mol. The Morgan fingerprint density at radius 1 is 1.17 bits per heavy atom. The van der Waals surface area contributed by atoms with Crippen molar-refractivity contribution in [3.8, 4) is 17.1 Å². The topological polar surface area (TPSA) is 94.5 Å². The van der Waals surface area contributed by atoms with E-state index in [0.717, 1.165) is 6.07 Å². The molecule has 0 radical (unpaired) electrons. The summed E-state index contributed by atoms with van der Waals surface area (Å²) in [5.74, 6) is -0.752. The van der Waals surface area contributed by atoms with Crippen molar-refractivity contribution < 1.29 is 27.1 Å². The number of rotatable bonds is 6. The van der Waals surface area contributed by atoms with E-state index in [2.05, 4.69) is 21.9 Å². The van der Waals surface area contributed by atoms with E-state index < -0.39 is 23.5 Å². The van der Waals surface area contributed by atoms with Crippen LogP contribution in [0.1, 0.15) is 21.6 Å². The minimum atomic E-state index is -4.67. The van der Waals surface area contributed by atoms with Gasteiger partial charge >= 0.3 is 6.18 Å². The molecule has 0 atom stereocenters. The van der Waals surface area contributed by atoms with Gasteiger partial charge in [-0.1, -0.05) is 30.8 Å². The Kier molecular flexibility index (Phi) is 6.16. The summed E-state index contributed by atoms with van der Waals surface area (Å²) in [6, 6.07) is 11.6. The van der Waals surface area contributed by atoms with Gasteiger partial charge in [-0.15, -0.1) is 0 Å². The molecule has 4 rings (SSSR count). The van der Waals surface area contributed by atoms with E-state index in [1.54, 1.807) is 24.3 Å². The van der Waals surface area contributed by atoms with Crippen LogP contribution in [0.2, 0.25) is 0 Å². The lowest BCUT2D eigenvalue weighted by Crippen LogP contribution is -2.23. The van der Waals surface area contributed by atoms with Gasteiger partial charge in [-0.25, -0.2) is 14.4 Å². The number of allylic oxidation sites excluding steroid dienone is 1. The average molecular weight is 485 g/mol. The number of nitrogen functional groups attached to an aromatic ring is 1. The van der Waals surface area contributed by atoms with Crippen molar-refractivity contribution in [2.45, 2.75) is 12.7 Å². The summed E-state index contributed by atoms with van der Waals surface area (Å²) in [6.07, 6.45) is -3.38. The molecule has 0 unspecified atom stereocenters. The molecule has 2 aromatic heterocycles. The van der Waals surface area contributed by atoms with Gasteiger partial charge in [-0.2, -0.15) is 13.2 Å². The van der Waals surface area contributed by atoms with E-state index >= 15 is 0 Å². The SMILES string of the molecule is C=C(c1nc(-c2ccc(CNC(=O)c3cc(F)ccc3OC)cc2)n2c(N)nccc12)C(F)(F)F. The van der Waals surface area contributed by atoms with E-state index in [9.17, 15) is 22.4 Å². The summed E-state index contributed by atoms with van der Waals surface area (Å²) in [5, 5.41) is 2.68. The van der Waals surface area contributed by atoms with Crippen LogP contribution in [0.25, 0.3) is 22.5 Å². The largest absolute Gasteiger partial charge is 0.496 e. The Morgan fingerprint density at radius 3 is 2.54 bits per heavy atom. The summed E-state index contributed by atoms with van der Waals surface area (Å²) in [6.45, 7) is 3.26. The number of carbonyl (C=O) groups is 1. The lowest BCUT2D eigenvalue weighted by molar-refractivity contribution is -0.0688. The number of carbonyl (C=O) groups excluding carboxylic acids is 1. The summed E-state index contributed by atoms with van der Waals surface area (Å²) in [7, 11) is 1.37. The number of halogens is 4. The molecule has 0 spiro atoms. The number of anilines is 1. The van der Waals surface area contributed by atoms with Crippen LogP contribution in [0, 0.1) is 5.82 Å². The van der Waals surface area contributed by atoms with Gasteiger partial charge in [0.05, 0.1) is 23.8 Å². The van der Waals surface area contributed by atoms with Crippen LogP contribution in [-0.4, -0.2) is 33.6 Å². The molecule has 3 N–H and O–H groups in total. The molecule has 35 heavy (non-hydrogen) atoms. The highest BCUT2D eigenvalue weighted by atomic mass is 19.4. The van der Waals surface area contributed by atoms with Crippen LogP contribution in [0.4, 0.5) is 23.5 Å². The number of aromatic nitrogens is 3. The molecule has 0 aliphatic carbocycles. The Balaban J connectivity index is 1.60. The maximum atomic E-state index is 13.5. The second kappa shape index (κ2) is 9.09. The number of hydrogen-bond acceptors (Lipinski definition) is 5. The molecule has 0 aliphatic rings. The summed E-state index contributed by atoms with van der Waals surface area (Å²) < 4.78 is 59.9. The number of alkyl halides is 3. The van der Waals surface area contributed by atoms with Crippen LogP contribution in [0.5, 0.6) is 5.75 Å². The van der Waals surface area contributed by atoms with Crippen molar-refractivity contribution in [2.24, 2.45) is 0 Å². The van der Waals surface area contributed by atoms with Crippen LogP contribution < -0.4 is 15.8 Å². The Hall–Kier alpha value is -4.41. The van der Waals surface area contributed by atoms with Crippen molar-refractivity contribution in [2.75, 3.05) is 12.8 Å². The van der Waals surface area contributed by atoms with Gasteiger partial charge in [0, 0.05) is 18.3 Å². The molecule has 11 heteroatoms. The van der Waals surface area contributed by atoms with Crippen molar-refractivity contribution >= 4 is 22.9 Å². The van der Waals surface area contributed by atoms with Crippen LogP contribution in [-0.2, 0) is 6.54 Å². The smallest absolute Gasteiger partial charge is 0.417 e. The molecule has 7 nitrogen and oxygen atoms in total. The first-order valence-electron chi connectivity index (χ1n) is 10.2. The number of hydrogen-bond donors (Lipinski definition) is 2. The lowest BCUT2D eigenvalue weighted by Gasteiger charge is -2.10. The maximum absolute atomic E-state index is 13.5. The first-order chi connectivity index (χ1) is 16.6. The van der Waals surface area contributed by atoms with Gasteiger partial charge < -0.3 is 15.8 Å². The maximum Gasteiger partial charge on any atom is 0.417 e. The number of benzene rings is 2. The van der Waals surface area contributed by atoms with Gasteiger partial charge in [0.15, 0.2) is 0 Å². The highest BCUT2D eigenvalue weighted by molar-refractivity contribution is 5.96. The highest BCUT2D eigenvalue weighted by Crippen LogP contribution is 2.36. The van der Waals surface area contributed by atoms with Crippen molar-refractivity contribution in [3.05, 3.63) is 83.9 Å². The standard InChI is InChI=1S/C24H19F4N5O2/c1-13(24(26,27)28)20-18-9-10-30-23(29)33(18)21(32-20)15-5-3-14(4-6-15)12-31-22(34)17-11-16(25)7-8-19(17)35-2/h3-11H,1,12H2,2H3,(H2,29,30)(H,31,34). The third kappa shape index (κ3) is 4.65. The Morgan fingerprint density at radius 2 is 1.89 bits per heavy atom. The second-order valence-electron chi connectivity index (χ2n) is 7.51. The van der Waals surface area contributed by atoms with E-state index in [-0.39, 0.29) is 40.8 Å². The lowest BCUT2D eigenvalue weighted by atomic mass is 10.1. The summed E-state index contributed by atoms with van der Waals surface area (Å²) in [4.78, 5) is 20.6. The molecule has 0 saturated carbocycles. The van der Waals surface area contributed by atoms with Gasteiger partial charge in [-0.05, 0) is 29.8 Å². The third-order valence-corrected chi connectivity index (χ3v) is 5.28. The van der Waals surface area contributed by atoms with Crippen LogP contribution >= 0.6 is 0 Å².